The minimum absolute atomic E-state index is 0.318. The van der Waals surface area contributed by atoms with Crippen LogP contribution in [0, 0.1) is 17.8 Å². The Morgan fingerprint density at radius 2 is 2.12 bits per heavy atom. The van der Waals surface area contributed by atoms with E-state index in [1.165, 1.54) is 39.6 Å². The summed E-state index contributed by atoms with van der Waals surface area (Å²) in [5, 5.41) is 1.43. The van der Waals surface area contributed by atoms with Gasteiger partial charge in [0.2, 0.25) is 0 Å². The van der Waals surface area contributed by atoms with Gasteiger partial charge in [0.05, 0.1) is 17.7 Å². The van der Waals surface area contributed by atoms with E-state index in [1.54, 1.807) is 0 Å². The van der Waals surface area contributed by atoms with Crippen molar-refractivity contribution < 1.29 is 4.74 Å². The largest absolute Gasteiger partial charge is 0.493 e. The van der Waals surface area contributed by atoms with E-state index in [0.717, 1.165) is 57.6 Å². The number of aliphatic imine (C=N–C) groups is 1. The Morgan fingerprint density at radius 3 is 2.91 bits per heavy atom. The highest BCUT2D eigenvalue weighted by atomic mass is 32.2. The molecule has 4 rings (SSSR count). The van der Waals surface area contributed by atoms with E-state index in [-0.39, 0.29) is 0 Å². The zero-order valence-corrected chi connectivity index (χ0v) is 21.2. The summed E-state index contributed by atoms with van der Waals surface area (Å²) in [6.07, 6.45) is 14.9. The number of nitrogens with zero attached hydrogens (tertiary/aromatic N) is 2. The molecule has 0 bridgehead atoms. The van der Waals surface area contributed by atoms with Crippen LogP contribution in [0.1, 0.15) is 72.6 Å². The van der Waals surface area contributed by atoms with Crippen LogP contribution in [-0.4, -0.2) is 36.9 Å². The molecule has 0 saturated carbocycles. The summed E-state index contributed by atoms with van der Waals surface area (Å²) in [7, 11) is 0. The first-order chi connectivity index (χ1) is 15.5. The molecule has 0 saturated heterocycles. The molecule has 2 N–H and O–H groups in total. The SMILES string of the molecule is CCC1CC2=C(C=C1SC1=C(C)CCC3C(=CCC(C)C=NC3C)N1CCCN)OCC2. The molecular formula is C27H41N3OS. The highest BCUT2D eigenvalue weighted by molar-refractivity contribution is 8.06. The van der Waals surface area contributed by atoms with E-state index in [2.05, 4.69) is 51.0 Å². The van der Waals surface area contributed by atoms with Gasteiger partial charge in [0.25, 0.3) is 0 Å². The molecule has 0 fully saturated rings. The fraction of sp³-hybridized carbons (Fsp3) is 0.667. The van der Waals surface area contributed by atoms with Crippen molar-refractivity contribution in [3.8, 4) is 0 Å². The molecule has 3 aliphatic heterocycles. The van der Waals surface area contributed by atoms with Crippen molar-refractivity contribution in [2.45, 2.75) is 78.7 Å². The minimum atomic E-state index is 0.318. The van der Waals surface area contributed by atoms with Crippen LogP contribution in [0.4, 0.5) is 0 Å². The number of hydrogen-bond donors (Lipinski definition) is 1. The van der Waals surface area contributed by atoms with Crippen LogP contribution >= 0.6 is 11.8 Å². The average molecular weight is 456 g/mol. The number of thioether (sulfide) groups is 1. The van der Waals surface area contributed by atoms with E-state index in [1.807, 2.05) is 11.8 Å². The van der Waals surface area contributed by atoms with Gasteiger partial charge in [0.1, 0.15) is 5.76 Å². The van der Waals surface area contributed by atoms with Crippen LogP contribution in [0.2, 0.25) is 0 Å². The molecule has 4 nitrogen and oxygen atoms in total. The standard InChI is InChI=1S/C27H41N3OS/c1-5-21-15-22-11-14-31-25(22)16-26(21)32-27-19(3)8-9-23-20(4)29-17-18(2)7-10-24(23)30(27)13-6-12-28/h10,16-18,20-21,23H,5-9,11-15,28H2,1-4H3. The monoisotopic (exact) mass is 455 g/mol. The molecule has 0 aromatic rings. The van der Waals surface area contributed by atoms with Gasteiger partial charge in [-0.2, -0.15) is 0 Å². The predicted molar refractivity (Wildman–Crippen MR) is 137 cm³/mol. The smallest absolute Gasteiger partial charge is 0.119 e. The molecular weight excluding hydrogens is 414 g/mol. The van der Waals surface area contributed by atoms with Gasteiger partial charge < -0.3 is 15.4 Å². The van der Waals surface area contributed by atoms with Crippen molar-refractivity contribution in [3.63, 3.8) is 0 Å². The lowest BCUT2D eigenvalue weighted by Gasteiger charge is -2.36. The van der Waals surface area contributed by atoms with Crippen LogP contribution in [0.15, 0.2) is 49.7 Å². The number of rotatable bonds is 6. The lowest BCUT2D eigenvalue weighted by atomic mass is 9.89. The third-order valence-electron chi connectivity index (χ3n) is 7.46. The molecule has 0 radical (unpaired) electrons. The Balaban J connectivity index is 1.69. The fourth-order valence-corrected chi connectivity index (χ4v) is 6.76. The lowest BCUT2D eigenvalue weighted by Crippen LogP contribution is -2.32. The van der Waals surface area contributed by atoms with E-state index in [0.29, 0.717) is 23.8 Å². The maximum Gasteiger partial charge on any atom is 0.119 e. The van der Waals surface area contributed by atoms with Crippen LogP contribution in [0.3, 0.4) is 0 Å². The third-order valence-corrected chi connectivity index (χ3v) is 8.91. The quantitative estimate of drug-likeness (QED) is 0.505. The second-order valence-electron chi connectivity index (χ2n) is 9.93. The maximum absolute atomic E-state index is 6.00. The van der Waals surface area contributed by atoms with Crippen molar-refractivity contribution in [1.82, 2.24) is 4.90 Å². The molecule has 0 amide bonds. The van der Waals surface area contributed by atoms with E-state index < -0.39 is 0 Å². The third kappa shape index (κ3) is 5.04. The van der Waals surface area contributed by atoms with Crippen molar-refractivity contribution in [2.24, 2.45) is 28.5 Å². The van der Waals surface area contributed by atoms with E-state index >= 15 is 0 Å². The van der Waals surface area contributed by atoms with Crippen molar-refractivity contribution in [1.29, 1.82) is 0 Å². The van der Waals surface area contributed by atoms with Crippen LogP contribution < -0.4 is 5.73 Å². The van der Waals surface area contributed by atoms with Gasteiger partial charge in [-0.1, -0.05) is 31.7 Å². The van der Waals surface area contributed by atoms with Gasteiger partial charge in [0.15, 0.2) is 0 Å². The first kappa shape index (κ1) is 23.7. The second-order valence-corrected chi connectivity index (χ2v) is 11.0. The summed E-state index contributed by atoms with van der Waals surface area (Å²) >= 11 is 2.01. The second kappa shape index (κ2) is 10.6. The van der Waals surface area contributed by atoms with Crippen molar-refractivity contribution in [2.75, 3.05) is 19.7 Å². The summed E-state index contributed by atoms with van der Waals surface area (Å²) in [6, 6.07) is 0.318. The summed E-state index contributed by atoms with van der Waals surface area (Å²) in [6.45, 7) is 11.8. The molecule has 176 valence electrons. The fourth-order valence-electron chi connectivity index (χ4n) is 5.37. The summed E-state index contributed by atoms with van der Waals surface area (Å²) in [4.78, 5) is 9.06. The van der Waals surface area contributed by atoms with Crippen molar-refractivity contribution in [3.05, 3.63) is 44.7 Å². The zero-order chi connectivity index (χ0) is 22.7. The van der Waals surface area contributed by atoms with Crippen LogP contribution in [0.25, 0.3) is 0 Å². The topological polar surface area (TPSA) is 50.8 Å². The summed E-state index contributed by atoms with van der Waals surface area (Å²) in [5.74, 6) is 2.71. The lowest BCUT2D eigenvalue weighted by molar-refractivity contribution is 0.256. The molecule has 4 atom stereocenters. The zero-order valence-electron chi connectivity index (χ0n) is 20.4. The molecule has 0 aromatic heterocycles. The predicted octanol–water partition coefficient (Wildman–Crippen LogP) is 6.38. The minimum Gasteiger partial charge on any atom is -0.493 e. The van der Waals surface area contributed by atoms with Crippen molar-refractivity contribution >= 4 is 18.0 Å². The maximum atomic E-state index is 6.00. The van der Waals surface area contributed by atoms with Gasteiger partial charge in [-0.3, -0.25) is 4.99 Å². The summed E-state index contributed by atoms with van der Waals surface area (Å²) in [5.41, 5.74) is 10.5. The Hall–Kier alpha value is -1.46. The molecule has 0 aromatic carbocycles. The normalized spacial score (nSPS) is 30.7. The number of ether oxygens (including phenoxy) is 1. The molecule has 0 spiro atoms. The van der Waals surface area contributed by atoms with Gasteiger partial charge >= 0.3 is 0 Å². The molecule has 32 heavy (non-hydrogen) atoms. The van der Waals surface area contributed by atoms with Crippen LogP contribution in [0.5, 0.6) is 0 Å². The molecule has 1 aliphatic carbocycles. The summed E-state index contributed by atoms with van der Waals surface area (Å²) < 4.78 is 5.97. The number of nitrogens with two attached hydrogens (primary N) is 1. The Morgan fingerprint density at radius 1 is 1.28 bits per heavy atom. The Kier molecular flexibility index (Phi) is 7.88. The van der Waals surface area contributed by atoms with E-state index in [9.17, 15) is 0 Å². The van der Waals surface area contributed by atoms with E-state index in [4.69, 9.17) is 15.5 Å². The molecule has 5 heteroatoms. The molecule has 4 unspecified atom stereocenters. The number of allylic oxidation sites excluding steroid dienone is 4. The Bertz CT molecular complexity index is 853. The highest BCUT2D eigenvalue weighted by Crippen LogP contribution is 2.48. The van der Waals surface area contributed by atoms with Gasteiger partial charge in [-0.25, -0.2) is 0 Å². The average Bonchev–Trinajstić information content (AvgIpc) is 3.20. The van der Waals surface area contributed by atoms with Gasteiger partial charge in [0, 0.05) is 30.8 Å². The highest BCUT2D eigenvalue weighted by Gasteiger charge is 2.34. The first-order valence-electron chi connectivity index (χ1n) is 12.7. The first-order valence-corrected chi connectivity index (χ1v) is 13.5. The Labute approximate surface area is 199 Å². The molecule has 4 aliphatic rings. The van der Waals surface area contributed by atoms with Crippen LogP contribution in [-0.2, 0) is 4.74 Å². The van der Waals surface area contributed by atoms with Gasteiger partial charge in [-0.15, -0.1) is 0 Å². The number of fused-ring (bicyclic) bond motifs is 1. The van der Waals surface area contributed by atoms with Gasteiger partial charge in [-0.05, 0) is 92.9 Å². The molecule has 3 heterocycles. The number of hydrogen-bond acceptors (Lipinski definition) is 5.